The Morgan fingerprint density at radius 3 is 2.72 bits per heavy atom. The Balaban J connectivity index is 3.02. The van der Waals surface area contributed by atoms with Crippen LogP contribution < -0.4 is 5.73 Å². The lowest BCUT2D eigenvalue weighted by Gasteiger charge is -2.11. The molecule has 0 fully saturated rings. The second-order valence-electron chi connectivity index (χ2n) is 4.24. The van der Waals surface area contributed by atoms with Crippen molar-refractivity contribution in [3.05, 3.63) is 34.4 Å². The summed E-state index contributed by atoms with van der Waals surface area (Å²) in [5, 5.41) is 0.649. The van der Waals surface area contributed by atoms with E-state index in [-0.39, 0.29) is 5.97 Å². The zero-order valence-electron chi connectivity index (χ0n) is 10.9. The van der Waals surface area contributed by atoms with Crippen LogP contribution in [0.4, 0.5) is 5.69 Å². The Hall–Kier alpha value is -1.48. The summed E-state index contributed by atoms with van der Waals surface area (Å²) < 4.78 is 4.81. The summed E-state index contributed by atoms with van der Waals surface area (Å²) in [6.07, 6.45) is 3.02. The highest BCUT2D eigenvalue weighted by Gasteiger charge is 2.08. The number of carbonyl (C=O) groups excluding carboxylic acids is 1. The molecule has 0 aliphatic rings. The molecule has 0 aliphatic heterocycles. The number of halogens is 1. The number of hydrogen-bond acceptors (Lipinski definition) is 3. The Morgan fingerprint density at radius 1 is 1.50 bits per heavy atom. The van der Waals surface area contributed by atoms with Gasteiger partial charge in [0.1, 0.15) is 0 Å². The Bertz CT molecular complexity index is 467. The number of nitrogens with two attached hydrogens (primary N) is 1. The van der Waals surface area contributed by atoms with Crippen LogP contribution in [0.15, 0.2) is 18.2 Å². The van der Waals surface area contributed by atoms with E-state index in [0.717, 1.165) is 11.1 Å². The monoisotopic (exact) mass is 267 g/mol. The van der Waals surface area contributed by atoms with Gasteiger partial charge in [0.25, 0.3) is 0 Å². The Morgan fingerprint density at radius 2 is 2.17 bits per heavy atom. The fourth-order valence-corrected chi connectivity index (χ4v) is 1.95. The molecule has 0 saturated heterocycles. The number of anilines is 1. The summed E-state index contributed by atoms with van der Waals surface area (Å²) in [6, 6.07) is 3.61. The van der Waals surface area contributed by atoms with Gasteiger partial charge in [0.15, 0.2) is 0 Å². The average Bonchev–Trinajstić information content (AvgIpc) is 2.27. The van der Waals surface area contributed by atoms with Crippen molar-refractivity contribution in [1.82, 2.24) is 0 Å². The van der Waals surface area contributed by atoms with E-state index < -0.39 is 0 Å². The lowest BCUT2D eigenvalue weighted by molar-refractivity contribution is -0.137. The standard InChI is InChI=1S/C14H18ClNO2/c1-4-18-14(17)6-5-10-7-11(9(2)3)12(15)8-13(10)16/h5-9H,4,16H2,1-3H3/b6-5+. The van der Waals surface area contributed by atoms with Gasteiger partial charge >= 0.3 is 5.97 Å². The largest absolute Gasteiger partial charge is 0.463 e. The van der Waals surface area contributed by atoms with Crippen LogP contribution in [-0.4, -0.2) is 12.6 Å². The van der Waals surface area contributed by atoms with Crippen molar-refractivity contribution in [2.24, 2.45) is 0 Å². The predicted molar refractivity (Wildman–Crippen MR) is 75.6 cm³/mol. The third-order valence-corrected chi connectivity index (χ3v) is 2.84. The van der Waals surface area contributed by atoms with Crippen molar-refractivity contribution in [1.29, 1.82) is 0 Å². The molecule has 18 heavy (non-hydrogen) atoms. The molecule has 0 radical (unpaired) electrons. The molecule has 2 N–H and O–H groups in total. The molecule has 3 nitrogen and oxygen atoms in total. The first kappa shape index (κ1) is 14.6. The summed E-state index contributed by atoms with van der Waals surface area (Å²) >= 11 is 6.11. The van der Waals surface area contributed by atoms with E-state index in [1.807, 2.05) is 6.07 Å². The predicted octanol–water partition coefficient (Wildman–Crippen LogP) is 3.62. The van der Waals surface area contributed by atoms with E-state index in [0.29, 0.717) is 23.2 Å². The van der Waals surface area contributed by atoms with Gasteiger partial charge in [0.2, 0.25) is 0 Å². The van der Waals surface area contributed by atoms with E-state index in [4.69, 9.17) is 22.1 Å². The number of esters is 1. The third kappa shape index (κ3) is 3.77. The number of hydrogen-bond donors (Lipinski definition) is 1. The molecule has 1 rings (SSSR count). The molecule has 0 heterocycles. The van der Waals surface area contributed by atoms with Crippen LogP contribution in [0.3, 0.4) is 0 Å². The average molecular weight is 268 g/mol. The fourth-order valence-electron chi connectivity index (χ4n) is 1.56. The number of rotatable bonds is 4. The molecular formula is C14H18ClNO2. The summed E-state index contributed by atoms with van der Waals surface area (Å²) in [5.41, 5.74) is 8.19. The van der Waals surface area contributed by atoms with Gasteiger partial charge in [-0.25, -0.2) is 4.79 Å². The molecule has 0 spiro atoms. The van der Waals surface area contributed by atoms with Crippen molar-refractivity contribution in [2.45, 2.75) is 26.7 Å². The molecule has 98 valence electrons. The van der Waals surface area contributed by atoms with Crippen LogP contribution in [-0.2, 0) is 9.53 Å². The molecule has 0 unspecified atom stereocenters. The first-order valence-electron chi connectivity index (χ1n) is 5.89. The summed E-state index contributed by atoms with van der Waals surface area (Å²) in [5.74, 6) is -0.0780. The molecule has 0 aliphatic carbocycles. The quantitative estimate of drug-likeness (QED) is 0.515. The van der Waals surface area contributed by atoms with Gasteiger partial charge in [0, 0.05) is 16.8 Å². The second-order valence-corrected chi connectivity index (χ2v) is 4.65. The minimum absolute atomic E-state index is 0.299. The zero-order valence-corrected chi connectivity index (χ0v) is 11.6. The smallest absolute Gasteiger partial charge is 0.330 e. The molecule has 1 aromatic carbocycles. The molecule has 0 saturated carbocycles. The number of carbonyl (C=O) groups is 1. The zero-order chi connectivity index (χ0) is 13.7. The van der Waals surface area contributed by atoms with Crippen molar-refractivity contribution >= 4 is 29.3 Å². The summed E-state index contributed by atoms with van der Waals surface area (Å²) in [6.45, 7) is 6.22. The minimum atomic E-state index is -0.377. The maximum atomic E-state index is 11.2. The number of benzene rings is 1. The third-order valence-electron chi connectivity index (χ3n) is 2.51. The highest BCUT2D eigenvalue weighted by Crippen LogP contribution is 2.29. The van der Waals surface area contributed by atoms with E-state index in [2.05, 4.69) is 13.8 Å². The second kappa shape index (κ2) is 6.45. The van der Waals surface area contributed by atoms with E-state index >= 15 is 0 Å². The van der Waals surface area contributed by atoms with Gasteiger partial charge in [-0.05, 0) is 42.2 Å². The minimum Gasteiger partial charge on any atom is -0.463 e. The topological polar surface area (TPSA) is 52.3 Å². The molecule has 0 atom stereocenters. The van der Waals surface area contributed by atoms with Crippen molar-refractivity contribution in [3.63, 3.8) is 0 Å². The van der Waals surface area contributed by atoms with Gasteiger partial charge in [-0.3, -0.25) is 0 Å². The van der Waals surface area contributed by atoms with E-state index in [9.17, 15) is 4.79 Å². The maximum Gasteiger partial charge on any atom is 0.330 e. The highest BCUT2D eigenvalue weighted by molar-refractivity contribution is 6.31. The van der Waals surface area contributed by atoms with Crippen molar-refractivity contribution in [2.75, 3.05) is 12.3 Å². The van der Waals surface area contributed by atoms with Gasteiger partial charge < -0.3 is 10.5 Å². The highest BCUT2D eigenvalue weighted by atomic mass is 35.5. The van der Waals surface area contributed by atoms with Gasteiger partial charge in [-0.15, -0.1) is 0 Å². The van der Waals surface area contributed by atoms with Gasteiger partial charge in [0.05, 0.1) is 6.61 Å². The maximum absolute atomic E-state index is 11.2. The Labute approximate surface area is 113 Å². The van der Waals surface area contributed by atoms with Crippen LogP contribution >= 0.6 is 11.6 Å². The van der Waals surface area contributed by atoms with Crippen LogP contribution in [0.25, 0.3) is 6.08 Å². The van der Waals surface area contributed by atoms with Gasteiger partial charge in [-0.2, -0.15) is 0 Å². The summed E-state index contributed by atoms with van der Waals surface area (Å²) in [4.78, 5) is 11.2. The molecule has 1 aromatic rings. The Kier molecular flexibility index (Phi) is 5.23. The molecule has 0 amide bonds. The normalized spacial score (nSPS) is 11.2. The lowest BCUT2D eigenvalue weighted by Crippen LogP contribution is -2.00. The SMILES string of the molecule is CCOC(=O)/C=C/c1cc(C(C)C)c(Cl)cc1N. The first-order chi connectivity index (χ1) is 8.45. The van der Waals surface area contributed by atoms with E-state index in [1.165, 1.54) is 6.08 Å². The van der Waals surface area contributed by atoms with Crippen molar-refractivity contribution in [3.8, 4) is 0 Å². The van der Waals surface area contributed by atoms with Gasteiger partial charge in [-0.1, -0.05) is 25.4 Å². The summed E-state index contributed by atoms with van der Waals surface area (Å²) in [7, 11) is 0. The van der Waals surface area contributed by atoms with Crippen LogP contribution in [0.1, 0.15) is 37.8 Å². The van der Waals surface area contributed by atoms with Crippen LogP contribution in [0.5, 0.6) is 0 Å². The van der Waals surface area contributed by atoms with Crippen molar-refractivity contribution < 1.29 is 9.53 Å². The van der Waals surface area contributed by atoms with E-state index in [1.54, 1.807) is 19.1 Å². The molecule has 0 aromatic heterocycles. The first-order valence-corrected chi connectivity index (χ1v) is 6.27. The lowest BCUT2D eigenvalue weighted by atomic mass is 9.99. The number of nitrogen functional groups attached to an aromatic ring is 1. The fraction of sp³-hybridized carbons (Fsp3) is 0.357. The molecule has 4 heteroatoms. The van der Waals surface area contributed by atoms with Crippen LogP contribution in [0.2, 0.25) is 5.02 Å². The molecule has 0 bridgehead atoms. The molecular weight excluding hydrogens is 250 g/mol. The van der Waals surface area contributed by atoms with Crippen LogP contribution in [0, 0.1) is 0 Å². The number of ether oxygens (including phenoxy) is 1.